The van der Waals surface area contributed by atoms with Crippen molar-refractivity contribution in [2.24, 2.45) is 0 Å². The first-order valence-electron chi connectivity index (χ1n) is 8.49. The van der Waals surface area contributed by atoms with Gasteiger partial charge in [0.1, 0.15) is 0 Å². The second-order valence-corrected chi connectivity index (χ2v) is 7.64. The molecule has 1 aromatic carbocycles. The van der Waals surface area contributed by atoms with Crippen LogP contribution in [0.5, 0.6) is 0 Å². The summed E-state index contributed by atoms with van der Waals surface area (Å²) in [5.41, 5.74) is 1.73. The largest absolute Gasteiger partial charge is 0.465 e. The highest BCUT2D eigenvalue weighted by atomic mass is 35.5. The zero-order valence-corrected chi connectivity index (χ0v) is 16.7. The molecule has 2 aromatic rings. The minimum Gasteiger partial charge on any atom is -0.465 e. The highest BCUT2D eigenvalue weighted by molar-refractivity contribution is 7.16. The minimum atomic E-state index is -0.445. The number of hydrogen-bond donors (Lipinski definition) is 2. The molecule has 0 fully saturated rings. The monoisotopic (exact) mass is 394 g/mol. The maximum absolute atomic E-state index is 12.4. The number of nitrogens with one attached hydrogen (secondary N) is 2. The number of ether oxygens (including phenoxy) is 1. The van der Waals surface area contributed by atoms with Crippen molar-refractivity contribution in [3.63, 3.8) is 0 Å². The van der Waals surface area contributed by atoms with Crippen LogP contribution in [0.25, 0.3) is 0 Å². The number of rotatable bonds is 8. The Morgan fingerprint density at radius 3 is 2.46 bits per heavy atom. The number of anilines is 2. The van der Waals surface area contributed by atoms with E-state index in [0.29, 0.717) is 15.6 Å². The van der Waals surface area contributed by atoms with Gasteiger partial charge in [-0.25, -0.2) is 4.79 Å². The fraction of sp³-hybridized carbons (Fsp3) is 0.368. The third-order valence-corrected chi connectivity index (χ3v) is 5.25. The molecule has 26 heavy (non-hydrogen) atoms. The van der Waals surface area contributed by atoms with Gasteiger partial charge in [0, 0.05) is 10.9 Å². The Morgan fingerprint density at radius 1 is 1.15 bits per heavy atom. The van der Waals surface area contributed by atoms with Gasteiger partial charge in [0.2, 0.25) is 5.91 Å². The summed E-state index contributed by atoms with van der Waals surface area (Å²) in [7, 11) is 1.33. The van der Waals surface area contributed by atoms with E-state index in [4.69, 9.17) is 16.3 Å². The molecule has 0 aliphatic rings. The van der Waals surface area contributed by atoms with Gasteiger partial charge in [-0.05, 0) is 43.2 Å². The minimum absolute atomic E-state index is 0.168. The summed E-state index contributed by atoms with van der Waals surface area (Å²) in [4.78, 5) is 25.1. The molecule has 0 radical (unpaired) electrons. The summed E-state index contributed by atoms with van der Waals surface area (Å²) < 4.78 is 5.42. The van der Waals surface area contributed by atoms with E-state index in [9.17, 15) is 9.59 Å². The van der Waals surface area contributed by atoms with Crippen molar-refractivity contribution in [2.75, 3.05) is 17.7 Å². The van der Waals surface area contributed by atoms with Crippen molar-refractivity contribution in [1.82, 2.24) is 0 Å². The molecule has 1 aromatic heterocycles. The van der Waals surface area contributed by atoms with Gasteiger partial charge in [0.15, 0.2) is 0 Å². The van der Waals surface area contributed by atoms with Crippen molar-refractivity contribution in [2.45, 2.75) is 39.2 Å². The fourth-order valence-corrected chi connectivity index (χ4v) is 3.62. The predicted molar refractivity (Wildman–Crippen MR) is 107 cm³/mol. The van der Waals surface area contributed by atoms with Crippen LogP contribution in [0.1, 0.15) is 41.9 Å². The van der Waals surface area contributed by atoms with E-state index in [1.807, 2.05) is 6.07 Å². The Balaban J connectivity index is 2.23. The molecule has 0 aliphatic carbocycles. The molecule has 1 heterocycles. The lowest BCUT2D eigenvalue weighted by molar-refractivity contribution is -0.115. The summed E-state index contributed by atoms with van der Waals surface area (Å²) >= 11 is 7.29. The summed E-state index contributed by atoms with van der Waals surface area (Å²) in [5.74, 6) is -0.613. The van der Waals surface area contributed by atoms with E-state index in [2.05, 4.69) is 24.5 Å². The number of esters is 1. The zero-order valence-electron chi connectivity index (χ0n) is 15.1. The molecule has 5 nitrogen and oxygen atoms in total. The van der Waals surface area contributed by atoms with Crippen molar-refractivity contribution >= 4 is 46.2 Å². The molecule has 140 valence electrons. The molecule has 2 rings (SSSR count). The topological polar surface area (TPSA) is 67.4 Å². The van der Waals surface area contributed by atoms with Crippen LogP contribution < -0.4 is 10.6 Å². The van der Waals surface area contributed by atoms with Gasteiger partial charge in [-0.3, -0.25) is 4.79 Å². The van der Waals surface area contributed by atoms with Crippen LogP contribution in [-0.4, -0.2) is 25.0 Å². The Bertz CT molecular complexity index is 772. The lowest BCUT2D eigenvalue weighted by Gasteiger charge is -2.20. The van der Waals surface area contributed by atoms with E-state index < -0.39 is 5.97 Å². The van der Waals surface area contributed by atoms with Crippen LogP contribution in [0.15, 0.2) is 30.3 Å². The number of amides is 1. The first-order valence-corrected chi connectivity index (χ1v) is 9.69. The van der Waals surface area contributed by atoms with Crippen LogP contribution in [-0.2, 0) is 16.0 Å². The van der Waals surface area contributed by atoms with Crippen LogP contribution >= 0.6 is 22.9 Å². The normalized spacial score (nSPS) is 10.7. The maximum atomic E-state index is 12.4. The number of carbonyl (C=O) groups is 2. The van der Waals surface area contributed by atoms with Crippen LogP contribution in [0.4, 0.5) is 11.4 Å². The Hall–Kier alpha value is -2.05. The van der Waals surface area contributed by atoms with Gasteiger partial charge >= 0.3 is 5.97 Å². The van der Waals surface area contributed by atoms with Gasteiger partial charge < -0.3 is 15.4 Å². The number of benzene rings is 1. The number of thiophene rings is 1. The van der Waals surface area contributed by atoms with Crippen LogP contribution in [0.2, 0.25) is 4.34 Å². The number of methoxy groups -OCH3 is 1. The van der Waals surface area contributed by atoms with Crippen molar-refractivity contribution < 1.29 is 14.3 Å². The highest BCUT2D eigenvalue weighted by Gasteiger charge is 2.15. The fourth-order valence-electron chi connectivity index (χ4n) is 2.53. The summed E-state index contributed by atoms with van der Waals surface area (Å²) in [6, 6.07) is 9.00. The van der Waals surface area contributed by atoms with Gasteiger partial charge in [-0.15, -0.1) is 11.3 Å². The zero-order chi connectivity index (χ0) is 19.1. The SMILES string of the molecule is CCC(CC)Nc1ccc(C(=O)OC)cc1NC(=O)Cc1ccc(Cl)s1. The summed E-state index contributed by atoms with van der Waals surface area (Å²) in [6.45, 7) is 4.20. The van der Waals surface area contributed by atoms with E-state index in [-0.39, 0.29) is 18.4 Å². The molecule has 0 unspecified atom stereocenters. The summed E-state index contributed by atoms with van der Waals surface area (Å²) in [6.07, 6.45) is 2.14. The van der Waals surface area contributed by atoms with Crippen molar-refractivity contribution in [1.29, 1.82) is 0 Å². The second kappa shape index (κ2) is 9.59. The molecule has 0 saturated carbocycles. The van der Waals surface area contributed by atoms with E-state index in [1.54, 1.807) is 24.3 Å². The Labute approximate surface area is 162 Å². The molecule has 1 amide bonds. The standard InChI is InChI=1S/C19H23ClN2O3S/c1-4-13(5-2)21-15-8-6-12(19(24)25-3)10-16(15)22-18(23)11-14-7-9-17(20)26-14/h6-10,13,21H,4-5,11H2,1-3H3,(H,22,23). The van der Waals surface area contributed by atoms with Crippen LogP contribution in [0.3, 0.4) is 0 Å². The van der Waals surface area contributed by atoms with Crippen molar-refractivity contribution in [3.05, 3.63) is 45.1 Å². The maximum Gasteiger partial charge on any atom is 0.337 e. The number of hydrogen-bond acceptors (Lipinski definition) is 5. The van der Waals surface area contributed by atoms with Gasteiger partial charge in [0.25, 0.3) is 0 Å². The highest BCUT2D eigenvalue weighted by Crippen LogP contribution is 2.27. The molecule has 2 N–H and O–H groups in total. The smallest absolute Gasteiger partial charge is 0.337 e. The third-order valence-electron chi connectivity index (χ3n) is 4.02. The third kappa shape index (κ3) is 5.47. The molecule has 7 heteroatoms. The van der Waals surface area contributed by atoms with Crippen LogP contribution in [0, 0.1) is 0 Å². The molecular weight excluding hydrogens is 372 g/mol. The molecule has 0 atom stereocenters. The Morgan fingerprint density at radius 2 is 1.88 bits per heavy atom. The lowest BCUT2D eigenvalue weighted by Crippen LogP contribution is -2.20. The first-order chi connectivity index (χ1) is 12.5. The lowest BCUT2D eigenvalue weighted by atomic mass is 10.1. The van der Waals surface area contributed by atoms with Crippen molar-refractivity contribution in [3.8, 4) is 0 Å². The quantitative estimate of drug-likeness (QED) is 0.620. The van der Waals surface area contributed by atoms with Gasteiger partial charge in [-0.2, -0.15) is 0 Å². The molecule has 0 bridgehead atoms. The number of carbonyl (C=O) groups excluding carboxylic acids is 2. The Kier molecular flexibility index (Phi) is 7.48. The molecule has 0 spiro atoms. The molecular formula is C19H23ClN2O3S. The van der Waals surface area contributed by atoms with Gasteiger partial charge in [0.05, 0.1) is 34.8 Å². The predicted octanol–water partition coefficient (Wildman–Crippen LogP) is 4.97. The average Bonchev–Trinajstić information content (AvgIpc) is 3.04. The van der Waals surface area contributed by atoms with E-state index in [0.717, 1.165) is 23.4 Å². The molecule has 0 saturated heterocycles. The number of halogens is 1. The van der Waals surface area contributed by atoms with Gasteiger partial charge in [-0.1, -0.05) is 25.4 Å². The molecule has 0 aliphatic heterocycles. The first kappa shape index (κ1) is 20.3. The van der Waals surface area contributed by atoms with E-state index >= 15 is 0 Å². The second-order valence-electron chi connectivity index (χ2n) is 5.84. The summed E-state index contributed by atoms with van der Waals surface area (Å²) in [5, 5.41) is 6.31. The average molecular weight is 395 g/mol. The van der Waals surface area contributed by atoms with E-state index in [1.165, 1.54) is 18.4 Å².